The van der Waals surface area contributed by atoms with E-state index in [1.807, 2.05) is 0 Å². The largest absolute Gasteiger partial charge is 0.405 e. The molecule has 0 atom stereocenters. The number of anilines is 1. The number of rotatable bonds is 4. The molecule has 96 valence electrons. The summed E-state index contributed by atoms with van der Waals surface area (Å²) in [4.78, 5) is 1.27. The fourth-order valence-corrected chi connectivity index (χ4v) is 2.02. The molecule has 0 bridgehead atoms. The van der Waals surface area contributed by atoms with Gasteiger partial charge in [-0.2, -0.15) is 13.2 Å². The molecule has 0 saturated heterocycles. The minimum absolute atomic E-state index is 0.211. The zero-order valence-corrected chi connectivity index (χ0v) is 11.0. The van der Waals surface area contributed by atoms with E-state index >= 15 is 0 Å². The lowest BCUT2D eigenvalue weighted by Gasteiger charge is -2.26. The van der Waals surface area contributed by atoms with Gasteiger partial charge < -0.3 is 10.6 Å². The van der Waals surface area contributed by atoms with Crippen LogP contribution >= 0.6 is 15.9 Å². The van der Waals surface area contributed by atoms with Crippen LogP contribution in [0.2, 0.25) is 0 Å². The number of alkyl halides is 3. The Hall–Kier alpha value is -0.750. The SMILES string of the molecule is CCN(CC(F)(F)F)c1ccc(Br)cc1CN. The highest BCUT2D eigenvalue weighted by molar-refractivity contribution is 9.10. The van der Waals surface area contributed by atoms with E-state index in [1.54, 1.807) is 25.1 Å². The molecular weight excluding hydrogens is 297 g/mol. The Morgan fingerprint density at radius 2 is 2.00 bits per heavy atom. The van der Waals surface area contributed by atoms with Gasteiger partial charge in [0.05, 0.1) is 0 Å². The Morgan fingerprint density at radius 3 is 2.47 bits per heavy atom. The van der Waals surface area contributed by atoms with Crippen LogP contribution in [-0.4, -0.2) is 19.3 Å². The Kier molecular flexibility index (Phi) is 4.82. The number of benzene rings is 1. The maximum atomic E-state index is 12.4. The minimum atomic E-state index is -4.21. The molecular formula is C11H14BrF3N2. The zero-order valence-electron chi connectivity index (χ0n) is 9.39. The average molecular weight is 311 g/mol. The molecule has 6 heteroatoms. The van der Waals surface area contributed by atoms with Crippen LogP contribution in [0.4, 0.5) is 18.9 Å². The number of hydrogen-bond acceptors (Lipinski definition) is 2. The van der Waals surface area contributed by atoms with Gasteiger partial charge in [-0.25, -0.2) is 0 Å². The van der Waals surface area contributed by atoms with Crippen LogP contribution in [-0.2, 0) is 6.54 Å². The van der Waals surface area contributed by atoms with E-state index in [1.165, 1.54) is 4.90 Å². The normalized spacial score (nSPS) is 11.6. The first kappa shape index (κ1) is 14.3. The molecule has 0 aliphatic carbocycles. The number of nitrogens with zero attached hydrogens (tertiary/aromatic N) is 1. The number of nitrogens with two attached hydrogens (primary N) is 1. The predicted octanol–water partition coefficient (Wildman–Crippen LogP) is 3.30. The van der Waals surface area contributed by atoms with Gasteiger partial charge in [-0.05, 0) is 30.7 Å². The Labute approximate surface area is 107 Å². The molecule has 0 unspecified atom stereocenters. The van der Waals surface area contributed by atoms with Crippen molar-refractivity contribution in [2.24, 2.45) is 5.73 Å². The molecule has 17 heavy (non-hydrogen) atoms. The minimum Gasteiger partial charge on any atom is -0.363 e. The van der Waals surface area contributed by atoms with Gasteiger partial charge in [0.1, 0.15) is 6.54 Å². The quantitative estimate of drug-likeness (QED) is 0.924. The van der Waals surface area contributed by atoms with Crippen LogP contribution in [0, 0.1) is 0 Å². The summed E-state index contributed by atoms with van der Waals surface area (Å²) in [5.74, 6) is 0. The van der Waals surface area contributed by atoms with Crippen LogP contribution < -0.4 is 10.6 Å². The van der Waals surface area contributed by atoms with E-state index in [0.29, 0.717) is 11.3 Å². The van der Waals surface area contributed by atoms with Crippen molar-refractivity contribution in [3.8, 4) is 0 Å². The van der Waals surface area contributed by atoms with Crippen molar-refractivity contribution in [2.75, 3.05) is 18.0 Å². The fourth-order valence-electron chi connectivity index (χ4n) is 1.61. The monoisotopic (exact) mass is 310 g/mol. The highest BCUT2D eigenvalue weighted by atomic mass is 79.9. The van der Waals surface area contributed by atoms with Crippen molar-refractivity contribution in [1.29, 1.82) is 0 Å². The van der Waals surface area contributed by atoms with Gasteiger partial charge in [0, 0.05) is 23.2 Å². The van der Waals surface area contributed by atoms with E-state index in [9.17, 15) is 13.2 Å². The Bertz CT molecular complexity index is 379. The lowest BCUT2D eigenvalue weighted by atomic mass is 10.1. The van der Waals surface area contributed by atoms with Crippen molar-refractivity contribution in [2.45, 2.75) is 19.6 Å². The van der Waals surface area contributed by atoms with Crippen molar-refractivity contribution in [3.05, 3.63) is 28.2 Å². The first-order chi connectivity index (χ1) is 7.87. The van der Waals surface area contributed by atoms with Crippen LogP contribution in [0.1, 0.15) is 12.5 Å². The van der Waals surface area contributed by atoms with E-state index in [2.05, 4.69) is 15.9 Å². The maximum absolute atomic E-state index is 12.4. The first-order valence-corrected chi connectivity index (χ1v) is 5.97. The molecule has 0 spiro atoms. The van der Waals surface area contributed by atoms with Crippen molar-refractivity contribution in [1.82, 2.24) is 0 Å². The van der Waals surface area contributed by atoms with Gasteiger partial charge >= 0.3 is 6.18 Å². The van der Waals surface area contributed by atoms with Crippen molar-refractivity contribution >= 4 is 21.6 Å². The summed E-state index contributed by atoms with van der Waals surface area (Å²) in [7, 11) is 0. The van der Waals surface area contributed by atoms with Crippen molar-refractivity contribution in [3.63, 3.8) is 0 Å². The summed E-state index contributed by atoms with van der Waals surface area (Å²) in [5, 5.41) is 0. The molecule has 0 heterocycles. The van der Waals surface area contributed by atoms with E-state index in [4.69, 9.17) is 5.73 Å². The average Bonchev–Trinajstić information content (AvgIpc) is 2.24. The van der Waals surface area contributed by atoms with Crippen LogP contribution in [0.3, 0.4) is 0 Å². The smallest absolute Gasteiger partial charge is 0.363 e. The molecule has 0 aliphatic heterocycles. The summed E-state index contributed by atoms with van der Waals surface area (Å²) in [6.45, 7) is 1.23. The molecule has 2 nitrogen and oxygen atoms in total. The standard InChI is InChI=1S/C11H14BrF3N2/c1-2-17(7-11(13,14)15)10-4-3-9(12)5-8(10)6-16/h3-5H,2,6-7,16H2,1H3. The summed E-state index contributed by atoms with van der Waals surface area (Å²) in [5.41, 5.74) is 6.78. The highest BCUT2D eigenvalue weighted by Crippen LogP contribution is 2.27. The van der Waals surface area contributed by atoms with Gasteiger partial charge in [-0.1, -0.05) is 15.9 Å². The molecule has 2 N–H and O–H groups in total. The topological polar surface area (TPSA) is 29.3 Å². The van der Waals surface area contributed by atoms with Gasteiger partial charge in [-0.15, -0.1) is 0 Å². The molecule has 0 aliphatic rings. The third kappa shape index (κ3) is 4.20. The first-order valence-electron chi connectivity index (χ1n) is 5.17. The Morgan fingerprint density at radius 1 is 1.35 bits per heavy atom. The molecule has 1 aromatic rings. The molecule has 0 saturated carbocycles. The summed E-state index contributed by atoms with van der Waals surface area (Å²) >= 11 is 3.27. The van der Waals surface area contributed by atoms with Crippen LogP contribution in [0.25, 0.3) is 0 Å². The number of hydrogen-bond donors (Lipinski definition) is 1. The van der Waals surface area contributed by atoms with Gasteiger partial charge in [-0.3, -0.25) is 0 Å². The molecule has 1 rings (SSSR count). The predicted molar refractivity (Wildman–Crippen MR) is 66.0 cm³/mol. The summed E-state index contributed by atoms with van der Waals surface area (Å²) < 4.78 is 38.0. The number of halogens is 4. The highest BCUT2D eigenvalue weighted by Gasteiger charge is 2.30. The van der Waals surface area contributed by atoms with Crippen LogP contribution in [0.5, 0.6) is 0 Å². The third-order valence-electron chi connectivity index (χ3n) is 2.35. The summed E-state index contributed by atoms with van der Waals surface area (Å²) in [6, 6.07) is 5.11. The van der Waals surface area contributed by atoms with Gasteiger partial charge in [0.2, 0.25) is 0 Å². The zero-order chi connectivity index (χ0) is 13.1. The second-order valence-corrected chi connectivity index (χ2v) is 4.52. The summed E-state index contributed by atoms with van der Waals surface area (Å²) in [6.07, 6.45) is -4.21. The van der Waals surface area contributed by atoms with Crippen molar-refractivity contribution < 1.29 is 13.2 Å². The maximum Gasteiger partial charge on any atom is 0.405 e. The van der Waals surface area contributed by atoms with Gasteiger partial charge in [0.25, 0.3) is 0 Å². The second kappa shape index (κ2) is 5.73. The second-order valence-electron chi connectivity index (χ2n) is 3.61. The molecule has 0 radical (unpaired) electrons. The van der Waals surface area contributed by atoms with E-state index in [0.717, 1.165) is 4.47 Å². The molecule has 0 fully saturated rings. The molecule has 1 aromatic carbocycles. The lowest BCUT2D eigenvalue weighted by Crippen LogP contribution is -2.34. The molecule has 0 aromatic heterocycles. The van der Waals surface area contributed by atoms with E-state index in [-0.39, 0.29) is 13.1 Å². The molecule has 0 amide bonds. The van der Waals surface area contributed by atoms with Crippen LogP contribution in [0.15, 0.2) is 22.7 Å². The third-order valence-corrected chi connectivity index (χ3v) is 2.85. The lowest BCUT2D eigenvalue weighted by molar-refractivity contribution is -0.119. The van der Waals surface area contributed by atoms with E-state index < -0.39 is 12.7 Å². The fraction of sp³-hybridized carbons (Fsp3) is 0.455. The Balaban J connectivity index is 3.03. The van der Waals surface area contributed by atoms with Gasteiger partial charge in [0.15, 0.2) is 0 Å².